The van der Waals surface area contributed by atoms with Crippen molar-refractivity contribution < 1.29 is 24.2 Å². The Morgan fingerprint density at radius 3 is 2.18 bits per heavy atom. The van der Waals surface area contributed by atoms with Gasteiger partial charge < -0.3 is 19.6 Å². The third-order valence-electron chi connectivity index (χ3n) is 17.2. The number of hydrogen-bond acceptors (Lipinski definition) is 5. The van der Waals surface area contributed by atoms with E-state index in [1.807, 2.05) is 0 Å². The number of para-hydroxylation sites is 1. The van der Waals surface area contributed by atoms with Gasteiger partial charge in [-0.15, -0.1) is 0 Å². The van der Waals surface area contributed by atoms with Gasteiger partial charge in [0.05, 0.1) is 11.8 Å². The molecule has 282 valence electrons. The predicted molar refractivity (Wildman–Crippen MR) is 201 cm³/mol. The van der Waals surface area contributed by atoms with Gasteiger partial charge in [0.15, 0.2) is 0 Å². The molecule has 9 atom stereocenters. The van der Waals surface area contributed by atoms with Crippen LogP contribution in [-0.2, 0) is 19.1 Å². The molecular weight excluding hydrogens is 636 g/mol. The minimum atomic E-state index is -1.13. The van der Waals surface area contributed by atoms with E-state index in [9.17, 15) is 19.5 Å². The van der Waals surface area contributed by atoms with Crippen molar-refractivity contribution in [3.05, 3.63) is 30.3 Å². The molecule has 0 aromatic heterocycles. The zero-order valence-electron chi connectivity index (χ0n) is 32.8. The molecule has 0 spiro atoms. The molecule has 0 radical (unpaired) electrons. The number of piperazine rings is 1. The molecule has 7 heteroatoms. The zero-order chi connectivity index (χ0) is 36.6. The molecule has 1 aromatic rings. The molecule has 1 aliphatic heterocycles. The number of carbonyl (C=O) groups is 3. The number of carboxylic acid groups (broad SMARTS) is 1. The lowest BCUT2D eigenvalue weighted by atomic mass is 9.32. The Morgan fingerprint density at radius 2 is 1.49 bits per heavy atom. The predicted octanol–water partition coefficient (Wildman–Crippen LogP) is 8.99. The Hall–Kier alpha value is -2.57. The Balaban J connectivity index is 1.04. The first kappa shape index (κ1) is 36.8. The summed E-state index contributed by atoms with van der Waals surface area (Å²) in [5, 5.41) is 9.60. The van der Waals surface area contributed by atoms with Crippen LogP contribution in [-0.4, -0.2) is 60.1 Å². The third kappa shape index (κ3) is 5.84. The highest BCUT2D eigenvalue weighted by Gasteiger charge is 2.70. The van der Waals surface area contributed by atoms with E-state index in [2.05, 4.69) is 74.8 Å². The molecule has 2 unspecified atom stereocenters. The van der Waals surface area contributed by atoms with E-state index in [-0.39, 0.29) is 45.6 Å². The van der Waals surface area contributed by atoms with Gasteiger partial charge in [-0.1, -0.05) is 59.2 Å². The minimum Gasteiger partial charge on any atom is -0.481 e. The van der Waals surface area contributed by atoms with Gasteiger partial charge in [0, 0.05) is 43.7 Å². The molecule has 5 saturated carbocycles. The van der Waals surface area contributed by atoms with E-state index >= 15 is 0 Å². The largest absolute Gasteiger partial charge is 0.481 e. The fourth-order valence-corrected chi connectivity index (χ4v) is 14.1. The third-order valence-corrected chi connectivity index (χ3v) is 17.2. The number of fused-ring (bicyclic) bond motifs is 7. The first-order valence-corrected chi connectivity index (χ1v) is 20.5. The first-order chi connectivity index (χ1) is 24.0. The highest BCUT2D eigenvalue weighted by molar-refractivity contribution is 5.81. The lowest BCUT2D eigenvalue weighted by Crippen LogP contribution is -2.66. The van der Waals surface area contributed by atoms with Gasteiger partial charge in [-0.25, -0.2) is 0 Å². The summed E-state index contributed by atoms with van der Waals surface area (Å²) in [6.45, 7) is 19.2. The topological polar surface area (TPSA) is 87.2 Å². The monoisotopic (exact) mass is 702 g/mol. The van der Waals surface area contributed by atoms with Crippen molar-refractivity contribution in [3.63, 3.8) is 0 Å². The Labute approximate surface area is 307 Å². The molecule has 1 amide bonds. The lowest BCUT2D eigenvalue weighted by molar-refractivity contribution is -0.248. The summed E-state index contributed by atoms with van der Waals surface area (Å²) in [4.78, 5) is 43.5. The van der Waals surface area contributed by atoms with Crippen molar-refractivity contribution in [1.29, 1.82) is 0 Å². The van der Waals surface area contributed by atoms with Crippen LogP contribution in [0.4, 0.5) is 5.69 Å². The number of amides is 1. The lowest BCUT2D eigenvalue weighted by Gasteiger charge is -2.72. The molecule has 5 aliphatic carbocycles. The van der Waals surface area contributed by atoms with E-state index in [1.165, 1.54) is 57.1 Å². The van der Waals surface area contributed by atoms with Gasteiger partial charge >= 0.3 is 11.9 Å². The summed E-state index contributed by atoms with van der Waals surface area (Å²) in [5.41, 5.74) is 0.816. The molecule has 0 bridgehead atoms. The molecule has 51 heavy (non-hydrogen) atoms. The number of rotatable bonds is 7. The Bertz CT molecular complexity index is 1500. The number of benzene rings is 1. The fourth-order valence-electron chi connectivity index (χ4n) is 14.1. The van der Waals surface area contributed by atoms with Gasteiger partial charge in [0.1, 0.15) is 6.10 Å². The molecule has 1 heterocycles. The van der Waals surface area contributed by atoms with Gasteiger partial charge in [0.2, 0.25) is 5.91 Å². The van der Waals surface area contributed by atoms with Crippen LogP contribution in [0, 0.1) is 56.2 Å². The summed E-state index contributed by atoms with van der Waals surface area (Å²) in [7, 11) is 0. The van der Waals surface area contributed by atoms with Crippen LogP contribution >= 0.6 is 0 Å². The molecule has 7 nitrogen and oxygen atoms in total. The number of hydrogen-bond donors (Lipinski definition) is 1. The molecule has 6 fully saturated rings. The summed E-state index contributed by atoms with van der Waals surface area (Å²) < 4.78 is 6.18. The summed E-state index contributed by atoms with van der Waals surface area (Å²) in [6.07, 6.45) is 13.5. The summed E-state index contributed by atoms with van der Waals surface area (Å²) >= 11 is 0. The van der Waals surface area contributed by atoms with Gasteiger partial charge in [-0.2, -0.15) is 0 Å². The number of ether oxygens (including phenoxy) is 1. The van der Waals surface area contributed by atoms with E-state index in [4.69, 9.17) is 4.74 Å². The quantitative estimate of drug-likeness (QED) is 0.286. The highest BCUT2D eigenvalue weighted by atomic mass is 16.5. The second-order valence-electron chi connectivity index (χ2n) is 20.1. The smallest absolute Gasteiger partial charge is 0.309 e. The molecule has 1 N–H and O–H groups in total. The van der Waals surface area contributed by atoms with Crippen LogP contribution in [0.15, 0.2) is 30.3 Å². The van der Waals surface area contributed by atoms with Crippen LogP contribution in [0.25, 0.3) is 0 Å². The van der Waals surface area contributed by atoms with Crippen LogP contribution in [0.2, 0.25) is 0 Å². The van der Waals surface area contributed by atoms with Gasteiger partial charge in [-0.05, 0) is 136 Å². The van der Waals surface area contributed by atoms with E-state index in [0.717, 1.165) is 51.9 Å². The fraction of sp³-hybridized carbons (Fsp3) is 0.795. The number of aliphatic carboxylic acids is 1. The molecule has 6 aliphatic rings. The van der Waals surface area contributed by atoms with Crippen molar-refractivity contribution in [3.8, 4) is 0 Å². The van der Waals surface area contributed by atoms with E-state index < -0.39 is 11.4 Å². The molecule has 7 rings (SSSR count). The van der Waals surface area contributed by atoms with Crippen LogP contribution in [0.3, 0.4) is 0 Å². The average Bonchev–Trinajstić information content (AvgIpc) is 3.50. The van der Waals surface area contributed by atoms with Crippen molar-refractivity contribution in [2.24, 2.45) is 56.2 Å². The zero-order valence-corrected chi connectivity index (χ0v) is 32.8. The van der Waals surface area contributed by atoms with Crippen LogP contribution in [0.1, 0.15) is 132 Å². The number of carbonyl (C=O) groups excluding carboxylic acids is 2. The minimum absolute atomic E-state index is 0.101. The van der Waals surface area contributed by atoms with Crippen molar-refractivity contribution >= 4 is 23.5 Å². The second-order valence-corrected chi connectivity index (χ2v) is 20.1. The van der Waals surface area contributed by atoms with E-state index in [0.29, 0.717) is 29.6 Å². The number of nitrogens with zero attached hydrogens (tertiary/aromatic N) is 2. The second kappa shape index (κ2) is 12.8. The maximum Gasteiger partial charge on any atom is 0.309 e. The Morgan fingerprint density at radius 1 is 0.784 bits per heavy atom. The average molecular weight is 703 g/mol. The maximum absolute atomic E-state index is 14.1. The van der Waals surface area contributed by atoms with Gasteiger partial charge in [-0.3, -0.25) is 14.4 Å². The number of anilines is 1. The van der Waals surface area contributed by atoms with E-state index in [1.54, 1.807) is 13.8 Å². The standard InChI is InChI=1S/C44H66N2O5/c1-39(2,38(49)50)29-37(48)51-35-18-20-41(5)33(40(35,3)4)17-21-43(7)34(41)16-15-31-32-14-11-19-44(32,23-22-42(31,43)6)28-36(47)46-26-24-45(25-27-46)30-12-9-8-10-13-30/h8-10,12-13,31-35H,11,14-29H2,1-7H3,(H,49,50)/t31-,32-,33?,34?,35+,41+,42-,43-,44-/m1/s1. The van der Waals surface area contributed by atoms with Crippen LogP contribution < -0.4 is 4.90 Å². The Kier molecular flexibility index (Phi) is 9.22. The molecule has 1 saturated heterocycles. The normalized spacial score (nSPS) is 40.3. The van der Waals surface area contributed by atoms with Crippen molar-refractivity contribution in [2.45, 2.75) is 138 Å². The van der Waals surface area contributed by atoms with Crippen molar-refractivity contribution in [1.82, 2.24) is 4.90 Å². The first-order valence-electron chi connectivity index (χ1n) is 20.5. The summed E-state index contributed by atoms with van der Waals surface area (Å²) in [5.74, 6) is 1.47. The van der Waals surface area contributed by atoms with Crippen molar-refractivity contribution in [2.75, 3.05) is 31.1 Å². The highest BCUT2D eigenvalue weighted by Crippen LogP contribution is 2.77. The molecule has 1 aromatic carbocycles. The summed E-state index contributed by atoms with van der Waals surface area (Å²) in [6, 6.07) is 10.6. The van der Waals surface area contributed by atoms with Crippen LogP contribution in [0.5, 0.6) is 0 Å². The number of carboxylic acids is 1. The number of esters is 1. The SMILES string of the molecule is CC(C)(CC(=O)O[C@H]1CC[C@@]2(C)C(CC[C@]3(C)C2CC[C@@H]2[C@H]4CCC[C@]4(CC(=O)N4CCN(c5ccccc5)CC4)CC[C@]23C)C1(C)C)C(=O)O. The molecular formula is C44H66N2O5. The van der Waals surface area contributed by atoms with Gasteiger partial charge in [0.25, 0.3) is 0 Å². The maximum atomic E-state index is 14.1.